The van der Waals surface area contributed by atoms with E-state index in [9.17, 15) is 4.79 Å². The minimum atomic E-state index is -0.681. The Morgan fingerprint density at radius 3 is 2.71 bits per heavy atom. The van der Waals surface area contributed by atoms with Crippen molar-refractivity contribution in [3.63, 3.8) is 0 Å². The van der Waals surface area contributed by atoms with Crippen molar-refractivity contribution in [2.75, 3.05) is 13.1 Å². The summed E-state index contributed by atoms with van der Waals surface area (Å²) in [5.74, 6) is -0.901. The number of hydrogen-bond acceptors (Lipinski definition) is 3. The highest BCUT2D eigenvalue weighted by Gasteiger charge is 2.27. The number of aromatic nitrogens is 2. The van der Waals surface area contributed by atoms with Crippen molar-refractivity contribution in [3.8, 4) is 5.69 Å². The molecule has 1 fully saturated rings. The first-order valence-electron chi connectivity index (χ1n) is 8.17. The van der Waals surface area contributed by atoms with Crippen LogP contribution >= 0.6 is 0 Å². The molecule has 122 valence electrons. The SMILES string of the molecule is O=C(O)C1CCN(Cc2ccc(-n3cnc4ccccc43)cc2)C1. The van der Waals surface area contributed by atoms with Crippen molar-refractivity contribution in [2.45, 2.75) is 13.0 Å². The van der Waals surface area contributed by atoms with E-state index in [4.69, 9.17) is 5.11 Å². The van der Waals surface area contributed by atoms with Crippen molar-refractivity contribution in [3.05, 3.63) is 60.4 Å². The topological polar surface area (TPSA) is 58.4 Å². The predicted octanol–water partition coefficient (Wildman–Crippen LogP) is 2.93. The number of nitrogens with zero attached hydrogens (tertiary/aromatic N) is 3. The van der Waals surface area contributed by atoms with Gasteiger partial charge >= 0.3 is 5.97 Å². The maximum Gasteiger partial charge on any atom is 0.307 e. The molecule has 2 aromatic carbocycles. The maximum atomic E-state index is 11.0. The lowest BCUT2D eigenvalue weighted by atomic mass is 10.1. The van der Waals surface area contributed by atoms with Gasteiger partial charge < -0.3 is 5.11 Å². The Labute approximate surface area is 140 Å². The van der Waals surface area contributed by atoms with E-state index >= 15 is 0 Å². The fraction of sp³-hybridized carbons (Fsp3) is 0.263. The van der Waals surface area contributed by atoms with E-state index in [2.05, 4.69) is 44.8 Å². The van der Waals surface area contributed by atoms with Crippen LogP contribution in [0.1, 0.15) is 12.0 Å². The minimum absolute atomic E-state index is 0.221. The fourth-order valence-electron chi connectivity index (χ4n) is 3.36. The third kappa shape index (κ3) is 2.78. The Morgan fingerprint density at radius 2 is 1.96 bits per heavy atom. The molecule has 4 rings (SSSR count). The molecule has 1 atom stereocenters. The first-order valence-corrected chi connectivity index (χ1v) is 8.17. The summed E-state index contributed by atoms with van der Waals surface area (Å²) in [6.45, 7) is 2.29. The lowest BCUT2D eigenvalue weighted by Gasteiger charge is -2.15. The van der Waals surface area contributed by atoms with Crippen molar-refractivity contribution in [1.82, 2.24) is 14.5 Å². The van der Waals surface area contributed by atoms with E-state index < -0.39 is 5.97 Å². The second kappa shape index (κ2) is 6.09. The normalized spacial score (nSPS) is 18.2. The van der Waals surface area contributed by atoms with Crippen LogP contribution in [-0.4, -0.2) is 38.6 Å². The van der Waals surface area contributed by atoms with Crippen LogP contribution in [0.3, 0.4) is 0 Å². The first-order chi connectivity index (χ1) is 11.7. The van der Waals surface area contributed by atoms with E-state index in [0.29, 0.717) is 6.54 Å². The number of para-hydroxylation sites is 2. The van der Waals surface area contributed by atoms with Crippen LogP contribution in [0.2, 0.25) is 0 Å². The zero-order chi connectivity index (χ0) is 16.5. The summed E-state index contributed by atoms with van der Waals surface area (Å²) in [5, 5.41) is 9.09. The molecule has 24 heavy (non-hydrogen) atoms. The Hall–Kier alpha value is -2.66. The highest BCUT2D eigenvalue weighted by atomic mass is 16.4. The molecule has 1 aliphatic heterocycles. The van der Waals surface area contributed by atoms with Gasteiger partial charge in [0.15, 0.2) is 0 Å². The smallest absolute Gasteiger partial charge is 0.307 e. The van der Waals surface area contributed by atoms with Gasteiger partial charge in [-0.1, -0.05) is 24.3 Å². The van der Waals surface area contributed by atoms with Gasteiger partial charge in [-0.05, 0) is 42.8 Å². The third-order valence-corrected chi connectivity index (χ3v) is 4.70. The molecule has 0 amide bonds. The summed E-state index contributed by atoms with van der Waals surface area (Å²) < 4.78 is 2.08. The van der Waals surface area contributed by atoms with E-state index in [-0.39, 0.29) is 5.92 Å². The van der Waals surface area contributed by atoms with Gasteiger partial charge in [0.2, 0.25) is 0 Å². The van der Waals surface area contributed by atoms with Crippen molar-refractivity contribution in [2.24, 2.45) is 5.92 Å². The highest BCUT2D eigenvalue weighted by Crippen LogP contribution is 2.21. The van der Waals surface area contributed by atoms with Crippen molar-refractivity contribution in [1.29, 1.82) is 0 Å². The summed E-state index contributed by atoms with van der Waals surface area (Å²) in [7, 11) is 0. The summed E-state index contributed by atoms with van der Waals surface area (Å²) in [4.78, 5) is 17.7. The van der Waals surface area contributed by atoms with Crippen LogP contribution in [0.5, 0.6) is 0 Å². The number of benzene rings is 2. The Morgan fingerprint density at radius 1 is 1.17 bits per heavy atom. The van der Waals surface area contributed by atoms with Crippen LogP contribution in [0, 0.1) is 5.92 Å². The summed E-state index contributed by atoms with van der Waals surface area (Å²) in [6, 6.07) is 16.5. The van der Waals surface area contributed by atoms with Crippen LogP contribution in [-0.2, 0) is 11.3 Å². The number of hydrogen-bond donors (Lipinski definition) is 1. The highest BCUT2D eigenvalue weighted by molar-refractivity contribution is 5.77. The molecule has 5 nitrogen and oxygen atoms in total. The lowest BCUT2D eigenvalue weighted by molar-refractivity contribution is -0.141. The number of fused-ring (bicyclic) bond motifs is 1. The van der Waals surface area contributed by atoms with Gasteiger partial charge in [-0.15, -0.1) is 0 Å². The Bertz CT molecular complexity index is 870. The number of rotatable bonds is 4. The van der Waals surface area contributed by atoms with Gasteiger partial charge in [0.25, 0.3) is 0 Å². The van der Waals surface area contributed by atoms with Gasteiger partial charge in [-0.25, -0.2) is 4.98 Å². The average molecular weight is 321 g/mol. The molecule has 1 saturated heterocycles. The lowest BCUT2D eigenvalue weighted by Crippen LogP contribution is -2.22. The molecule has 1 N–H and O–H groups in total. The first kappa shape index (κ1) is 14.9. The Balaban J connectivity index is 1.50. The number of carboxylic acid groups (broad SMARTS) is 1. The minimum Gasteiger partial charge on any atom is -0.481 e. The maximum absolute atomic E-state index is 11.0. The van der Waals surface area contributed by atoms with Gasteiger partial charge in [0, 0.05) is 18.8 Å². The molecule has 2 heterocycles. The summed E-state index contributed by atoms with van der Waals surface area (Å²) in [6.07, 6.45) is 2.59. The second-order valence-corrected chi connectivity index (χ2v) is 6.33. The zero-order valence-electron chi connectivity index (χ0n) is 13.3. The largest absolute Gasteiger partial charge is 0.481 e. The fourth-order valence-corrected chi connectivity index (χ4v) is 3.36. The van der Waals surface area contributed by atoms with Gasteiger partial charge in [0.05, 0.1) is 17.0 Å². The third-order valence-electron chi connectivity index (χ3n) is 4.70. The van der Waals surface area contributed by atoms with E-state index in [0.717, 1.165) is 36.2 Å². The summed E-state index contributed by atoms with van der Waals surface area (Å²) >= 11 is 0. The average Bonchev–Trinajstić information content (AvgIpc) is 3.23. The monoisotopic (exact) mass is 321 g/mol. The van der Waals surface area contributed by atoms with E-state index in [1.165, 1.54) is 5.56 Å². The number of carboxylic acids is 1. The molecule has 0 spiro atoms. The van der Waals surface area contributed by atoms with Crippen LogP contribution < -0.4 is 0 Å². The molecule has 0 saturated carbocycles. The summed E-state index contributed by atoms with van der Waals surface area (Å²) in [5.41, 5.74) is 4.36. The van der Waals surface area contributed by atoms with Crippen LogP contribution in [0.25, 0.3) is 16.7 Å². The molecule has 3 aromatic rings. The quantitative estimate of drug-likeness (QED) is 0.803. The molecule has 0 aliphatic carbocycles. The molecule has 1 aliphatic rings. The standard InChI is InChI=1S/C19H19N3O2/c23-19(24)15-9-10-21(12-15)11-14-5-7-16(8-6-14)22-13-20-17-3-1-2-4-18(17)22/h1-8,13,15H,9-12H2,(H,23,24). The van der Waals surface area contributed by atoms with Crippen molar-refractivity contribution < 1.29 is 9.90 Å². The van der Waals surface area contributed by atoms with E-state index in [1.807, 2.05) is 24.5 Å². The molecule has 1 aromatic heterocycles. The van der Waals surface area contributed by atoms with Crippen LogP contribution in [0.15, 0.2) is 54.9 Å². The van der Waals surface area contributed by atoms with Gasteiger partial charge in [-0.2, -0.15) is 0 Å². The molecule has 0 radical (unpaired) electrons. The molecule has 5 heteroatoms. The Kier molecular flexibility index (Phi) is 3.78. The second-order valence-electron chi connectivity index (χ2n) is 6.33. The van der Waals surface area contributed by atoms with Gasteiger partial charge in [-0.3, -0.25) is 14.3 Å². The number of imidazole rings is 1. The zero-order valence-corrected chi connectivity index (χ0v) is 13.3. The van der Waals surface area contributed by atoms with Gasteiger partial charge in [0.1, 0.15) is 6.33 Å². The number of carbonyl (C=O) groups is 1. The molecule has 1 unspecified atom stereocenters. The van der Waals surface area contributed by atoms with E-state index in [1.54, 1.807) is 0 Å². The molecular weight excluding hydrogens is 302 g/mol. The molecule has 0 bridgehead atoms. The number of aliphatic carboxylic acids is 1. The predicted molar refractivity (Wildman–Crippen MR) is 92.1 cm³/mol. The van der Waals surface area contributed by atoms with Crippen molar-refractivity contribution >= 4 is 17.0 Å². The molecular formula is C19H19N3O2. The van der Waals surface area contributed by atoms with Crippen LogP contribution in [0.4, 0.5) is 0 Å². The number of likely N-dealkylation sites (tertiary alicyclic amines) is 1.